The van der Waals surface area contributed by atoms with Gasteiger partial charge in [-0.2, -0.15) is 0 Å². The number of esters is 1. The summed E-state index contributed by atoms with van der Waals surface area (Å²) in [4.78, 5) is 24.2. The molecular formula is C12H24N2O5S. The van der Waals surface area contributed by atoms with E-state index in [-0.39, 0.29) is 37.5 Å². The number of sulfonamides is 1. The van der Waals surface area contributed by atoms with Crippen LogP contribution in [0, 0.1) is 0 Å². The van der Waals surface area contributed by atoms with Crippen LogP contribution in [0.4, 0.5) is 0 Å². The molecule has 0 atom stereocenters. The van der Waals surface area contributed by atoms with Gasteiger partial charge in [0.15, 0.2) is 0 Å². The first-order chi connectivity index (χ1) is 9.36. The van der Waals surface area contributed by atoms with E-state index in [9.17, 15) is 18.0 Å². The highest BCUT2D eigenvalue weighted by atomic mass is 32.2. The fourth-order valence-corrected chi connectivity index (χ4v) is 2.71. The molecule has 0 unspecified atom stereocenters. The molecule has 0 aliphatic carbocycles. The Morgan fingerprint density at radius 2 is 1.75 bits per heavy atom. The van der Waals surface area contributed by atoms with Crippen LogP contribution in [-0.2, 0) is 24.3 Å². The number of nitrogens with one attached hydrogen (secondary N) is 1. The van der Waals surface area contributed by atoms with Crippen molar-refractivity contribution in [1.29, 1.82) is 0 Å². The van der Waals surface area contributed by atoms with Crippen LogP contribution < -0.4 is 4.72 Å². The third-order valence-corrected chi connectivity index (χ3v) is 4.27. The van der Waals surface area contributed by atoms with E-state index in [1.165, 1.54) is 7.11 Å². The summed E-state index contributed by atoms with van der Waals surface area (Å²) >= 11 is 0. The second-order valence-corrected chi connectivity index (χ2v) is 6.14. The average molecular weight is 308 g/mol. The van der Waals surface area contributed by atoms with E-state index in [0.717, 1.165) is 0 Å². The number of hydrogen-bond donors (Lipinski definition) is 1. The maximum Gasteiger partial charge on any atom is 0.305 e. The van der Waals surface area contributed by atoms with E-state index in [4.69, 9.17) is 0 Å². The Kier molecular flexibility index (Phi) is 9.15. The van der Waals surface area contributed by atoms with Gasteiger partial charge in [0.25, 0.3) is 0 Å². The molecule has 0 rings (SSSR count). The molecule has 0 bridgehead atoms. The van der Waals surface area contributed by atoms with Gasteiger partial charge in [0.05, 0.1) is 12.9 Å². The zero-order valence-corrected chi connectivity index (χ0v) is 13.2. The molecule has 1 N–H and O–H groups in total. The van der Waals surface area contributed by atoms with Crippen LogP contribution in [0.3, 0.4) is 0 Å². The quantitative estimate of drug-likeness (QED) is 0.579. The second kappa shape index (κ2) is 9.71. The predicted octanol–water partition coefficient (Wildman–Crippen LogP) is 0.118. The monoisotopic (exact) mass is 308 g/mol. The van der Waals surface area contributed by atoms with E-state index < -0.39 is 16.0 Å². The van der Waals surface area contributed by atoms with E-state index in [0.29, 0.717) is 13.1 Å². The molecule has 0 fully saturated rings. The Bertz CT molecular complexity index is 404. The Morgan fingerprint density at radius 1 is 1.15 bits per heavy atom. The highest BCUT2D eigenvalue weighted by molar-refractivity contribution is 7.89. The number of amides is 1. The number of hydrogen-bond acceptors (Lipinski definition) is 5. The smallest absolute Gasteiger partial charge is 0.305 e. The molecule has 118 valence electrons. The number of carbonyl (C=O) groups is 2. The summed E-state index contributed by atoms with van der Waals surface area (Å²) in [6.45, 7) is 5.05. The fourth-order valence-electron chi connectivity index (χ4n) is 1.63. The molecule has 0 saturated heterocycles. The number of nitrogens with zero attached hydrogens (tertiary/aromatic N) is 1. The molecule has 1 amide bonds. The van der Waals surface area contributed by atoms with Crippen LogP contribution in [0.15, 0.2) is 0 Å². The van der Waals surface area contributed by atoms with E-state index >= 15 is 0 Å². The van der Waals surface area contributed by atoms with Crippen LogP contribution in [0.25, 0.3) is 0 Å². The SMILES string of the molecule is CCN(CC)C(=O)CCNS(=O)(=O)CCCC(=O)OC. The molecule has 0 spiro atoms. The zero-order chi connectivity index (χ0) is 15.6. The Hall–Kier alpha value is -1.15. The molecule has 0 aromatic carbocycles. The molecule has 0 saturated carbocycles. The van der Waals surface area contributed by atoms with Crippen molar-refractivity contribution < 1.29 is 22.7 Å². The minimum atomic E-state index is -3.45. The summed E-state index contributed by atoms with van der Waals surface area (Å²) in [5, 5.41) is 0. The number of methoxy groups -OCH3 is 1. The van der Waals surface area contributed by atoms with Crippen molar-refractivity contribution in [2.24, 2.45) is 0 Å². The van der Waals surface area contributed by atoms with Gasteiger partial charge >= 0.3 is 5.97 Å². The van der Waals surface area contributed by atoms with Crippen molar-refractivity contribution in [3.63, 3.8) is 0 Å². The minimum absolute atomic E-state index is 0.0653. The Morgan fingerprint density at radius 3 is 2.25 bits per heavy atom. The van der Waals surface area contributed by atoms with Crippen LogP contribution >= 0.6 is 0 Å². The van der Waals surface area contributed by atoms with Gasteiger partial charge < -0.3 is 9.64 Å². The van der Waals surface area contributed by atoms with Crippen LogP contribution in [-0.4, -0.2) is 57.7 Å². The molecule has 7 nitrogen and oxygen atoms in total. The van der Waals surface area contributed by atoms with Crippen LogP contribution in [0.5, 0.6) is 0 Å². The maximum atomic E-state index is 11.7. The van der Waals surface area contributed by atoms with Crippen LogP contribution in [0.1, 0.15) is 33.1 Å². The number of ether oxygens (including phenoxy) is 1. The van der Waals surface area contributed by atoms with Crippen LogP contribution in [0.2, 0.25) is 0 Å². The van der Waals surface area contributed by atoms with Gasteiger partial charge in [0, 0.05) is 32.5 Å². The van der Waals surface area contributed by atoms with Gasteiger partial charge in [0.1, 0.15) is 0 Å². The first-order valence-corrected chi connectivity index (χ1v) is 8.33. The molecule has 0 heterocycles. The molecule has 0 radical (unpaired) electrons. The molecule has 8 heteroatoms. The topological polar surface area (TPSA) is 92.8 Å². The summed E-state index contributed by atoms with van der Waals surface area (Å²) < 4.78 is 30.0. The molecule has 20 heavy (non-hydrogen) atoms. The second-order valence-electron chi connectivity index (χ2n) is 4.21. The zero-order valence-electron chi connectivity index (χ0n) is 12.3. The Labute approximate surface area is 120 Å². The van der Waals surface area contributed by atoms with Crippen molar-refractivity contribution in [3.8, 4) is 0 Å². The average Bonchev–Trinajstić information content (AvgIpc) is 2.39. The first kappa shape index (κ1) is 18.9. The van der Waals surface area contributed by atoms with E-state index in [1.807, 2.05) is 13.8 Å². The first-order valence-electron chi connectivity index (χ1n) is 6.68. The standard InChI is InChI=1S/C12H24N2O5S/c1-4-14(5-2)11(15)8-9-13-20(17,18)10-6-7-12(16)19-3/h13H,4-10H2,1-3H3. The Balaban J connectivity index is 3.99. The number of rotatable bonds is 10. The molecule has 0 aliphatic heterocycles. The normalized spacial score (nSPS) is 11.2. The summed E-state index contributed by atoms with van der Waals surface area (Å²) in [5.74, 6) is -0.661. The van der Waals surface area contributed by atoms with Gasteiger partial charge in [-0.1, -0.05) is 0 Å². The van der Waals surface area contributed by atoms with Gasteiger partial charge in [-0.05, 0) is 20.3 Å². The lowest BCUT2D eigenvalue weighted by atomic mass is 10.3. The lowest BCUT2D eigenvalue weighted by molar-refractivity contribution is -0.140. The minimum Gasteiger partial charge on any atom is -0.469 e. The molecule has 0 aliphatic rings. The molecule has 0 aromatic rings. The third kappa shape index (κ3) is 8.11. The van der Waals surface area contributed by atoms with Crippen molar-refractivity contribution >= 4 is 21.9 Å². The maximum absolute atomic E-state index is 11.7. The predicted molar refractivity (Wildman–Crippen MR) is 75.6 cm³/mol. The van der Waals surface area contributed by atoms with E-state index in [2.05, 4.69) is 9.46 Å². The van der Waals surface area contributed by atoms with Crippen molar-refractivity contribution in [2.75, 3.05) is 32.5 Å². The largest absolute Gasteiger partial charge is 0.469 e. The fraction of sp³-hybridized carbons (Fsp3) is 0.833. The van der Waals surface area contributed by atoms with Gasteiger partial charge in [0.2, 0.25) is 15.9 Å². The van der Waals surface area contributed by atoms with Crippen molar-refractivity contribution in [2.45, 2.75) is 33.1 Å². The van der Waals surface area contributed by atoms with Gasteiger partial charge in [-0.3, -0.25) is 9.59 Å². The van der Waals surface area contributed by atoms with Gasteiger partial charge in [-0.25, -0.2) is 13.1 Å². The van der Waals surface area contributed by atoms with E-state index in [1.54, 1.807) is 4.90 Å². The summed E-state index contributed by atoms with van der Waals surface area (Å²) in [6, 6.07) is 0. The summed E-state index contributed by atoms with van der Waals surface area (Å²) in [6.07, 6.45) is 0.402. The van der Waals surface area contributed by atoms with Crippen molar-refractivity contribution in [1.82, 2.24) is 9.62 Å². The number of carbonyl (C=O) groups excluding carboxylic acids is 2. The summed E-state index contributed by atoms with van der Waals surface area (Å²) in [5.41, 5.74) is 0. The lowest BCUT2D eigenvalue weighted by Crippen LogP contribution is -2.35. The highest BCUT2D eigenvalue weighted by Crippen LogP contribution is 1.98. The molecular weight excluding hydrogens is 284 g/mol. The lowest BCUT2D eigenvalue weighted by Gasteiger charge is -2.18. The van der Waals surface area contributed by atoms with Gasteiger partial charge in [-0.15, -0.1) is 0 Å². The summed E-state index contributed by atoms with van der Waals surface area (Å²) in [7, 11) is -2.19. The third-order valence-electron chi connectivity index (χ3n) is 2.80. The van der Waals surface area contributed by atoms with Crippen molar-refractivity contribution in [3.05, 3.63) is 0 Å². The highest BCUT2D eigenvalue weighted by Gasteiger charge is 2.14. The molecule has 0 aromatic heterocycles.